The number of hydrogen-bond donors (Lipinski definition) is 2. The maximum atomic E-state index is 13.2. The van der Waals surface area contributed by atoms with Gasteiger partial charge in [-0.2, -0.15) is 0 Å². The highest BCUT2D eigenvalue weighted by Crippen LogP contribution is 2.42. The van der Waals surface area contributed by atoms with E-state index in [1.165, 1.54) is 17.0 Å². The second-order valence-corrected chi connectivity index (χ2v) is 7.82. The van der Waals surface area contributed by atoms with Crippen molar-refractivity contribution in [1.82, 2.24) is 0 Å². The smallest absolute Gasteiger partial charge is 0.300 e. The number of carbonyl (C=O) groups is 2. The molecule has 6 heteroatoms. The standard InChI is InChI=1S/C27H26N2O4/c1-3-28(4-2)20-12-14-21(15-13-20)29-24(18-10-16-22(30)17-11-18)23(26(32)27(29)33)25(31)19-8-6-5-7-9-19/h5-17,24,30-31H,3-4H2,1-2H3/b25-23+. The third-order valence-electron chi connectivity index (χ3n) is 5.96. The van der Waals surface area contributed by atoms with Crippen LogP contribution in [0.4, 0.5) is 11.4 Å². The Morgan fingerprint density at radius 1 is 0.879 bits per heavy atom. The summed E-state index contributed by atoms with van der Waals surface area (Å²) >= 11 is 0. The fraction of sp³-hybridized carbons (Fsp3) is 0.185. The number of nitrogens with zero attached hydrogens (tertiary/aromatic N) is 2. The molecule has 4 rings (SSSR count). The number of carbonyl (C=O) groups excluding carboxylic acids is 2. The average Bonchev–Trinajstić information content (AvgIpc) is 3.11. The van der Waals surface area contributed by atoms with Crippen LogP contribution in [0.5, 0.6) is 5.75 Å². The third kappa shape index (κ3) is 4.07. The van der Waals surface area contributed by atoms with Crippen LogP contribution in [0.15, 0.2) is 84.4 Å². The van der Waals surface area contributed by atoms with Crippen molar-refractivity contribution < 1.29 is 19.8 Å². The summed E-state index contributed by atoms with van der Waals surface area (Å²) in [7, 11) is 0. The average molecular weight is 443 g/mol. The first-order valence-corrected chi connectivity index (χ1v) is 11.0. The molecule has 1 aliphatic heterocycles. The Balaban J connectivity index is 1.86. The molecular formula is C27H26N2O4. The summed E-state index contributed by atoms with van der Waals surface area (Å²) in [5.74, 6) is -1.61. The van der Waals surface area contributed by atoms with Crippen LogP contribution < -0.4 is 9.80 Å². The van der Waals surface area contributed by atoms with Gasteiger partial charge in [0.05, 0.1) is 11.6 Å². The van der Waals surface area contributed by atoms with Gasteiger partial charge in [-0.3, -0.25) is 14.5 Å². The van der Waals surface area contributed by atoms with Crippen molar-refractivity contribution in [2.45, 2.75) is 19.9 Å². The molecule has 0 spiro atoms. The van der Waals surface area contributed by atoms with Crippen LogP contribution >= 0.6 is 0 Å². The Labute approximate surface area is 193 Å². The van der Waals surface area contributed by atoms with Crippen molar-refractivity contribution >= 4 is 28.8 Å². The van der Waals surface area contributed by atoms with Crippen LogP contribution in [-0.2, 0) is 9.59 Å². The quantitative estimate of drug-likeness (QED) is 0.324. The minimum Gasteiger partial charge on any atom is -0.508 e. The second-order valence-electron chi connectivity index (χ2n) is 7.82. The molecule has 1 unspecified atom stereocenters. The summed E-state index contributed by atoms with van der Waals surface area (Å²) in [5, 5.41) is 20.8. The van der Waals surface area contributed by atoms with E-state index in [2.05, 4.69) is 18.7 Å². The number of amides is 1. The fourth-order valence-electron chi connectivity index (χ4n) is 4.24. The molecule has 1 atom stereocenters. The Bertz CT molecular complexity index is 1180. The molecule has 0 radical (unpaired) electrons. The number of phenols is 1. The fourth-order valence-corrected chi connectivity index (χ4v) is 4.24. The summed E-state index contributed by atoms with van der Waals surface area (Å²) in [6, 6.07) is 21.7. The number of benzene rings is 3. The maximum absolute atomic E-state index is 13.2. The molecule has 0 saturated carbocycles. The summed E-state index contributed by atoms with van der Waals surface area (Å²) in [6.45, 7) is 5.85. The molecule has 1 aliphatic rings. The van der Waals surface area contributed by atoms with Gasteiger partial charge in [0.2, 0.25) is 0 Å². The van der Waals surface area contributed by atoms with Crippen molar-refractivity contribution in [3.8, 4) is 5.75 Å². The summed E-state index contributed by atoms with van der Waals surface area (Å²) in [6.07, 6.45) is 0. The van der Waals surface area contributed by atoms with Crippen LogP contribution in [0.1, 0.15) is 31.0 Å². The van der Waals surface area contributed by atoms with E-state index in [9.17, 15) is 19.8 Å². The van der Waals surface area contributed by atoms with Gasteiger partial charge in [-0.25, -0.2) is 0 Å². The summed E-state index contributed by atoms with van der Waals surface area (Å²) in [4.78, 5) is 30.0. The number of hydrogen-bond acceptors (Lipinski definition) is 5. The van der Waals surface area contributed by atoms with Crippen LogP contribution in [0, 0.1) is 0 Å². The van der Waals surface area contributed by atoms with E-state index in [-0.39, 0.29) is 17.1 Å². The van der Waals surface area contributed by atoms with Gasteiger partial charge in [-0.05, 0) is 55.8 Å². The van der Waals surface area contributed by atoms with Gasteiger partial charge in [-0.15, -0.1) is 0 Å². The molecule has 6 nitrogen and oxygen atoms in total. The summed E-state index contributed by atoms with van der Waals surface area (Å²) in [5.41, 5.74) is 2.65. The number of rotatable bonds is 6. The lowest BCUT2D eigenvalue weighted by molar-refractivity contribution is -0.132. The van der Waals surface area contributed by atoms with Crippen molar-refractivity contribution in [2.75, 3.05) is 22.9 Å². The van der Waals surface area contributed by atoms with Gasteiger partial charge in [0.1, 0.15) is 11.5 Å². The van der Waals surface area contributed by atoms with Gasteiger partial charge in [0, 0.05) is 30.0 Å². The molecule has 0 bridgehead atoms. The molecule has 0 aromatic heterocycles. The number of ketones is 1. The normalized spacial score (nSPS) is 17.4. The van der Waals surface area contributed by atoms with E-state index in [4.69, 9.17) is 0 Å². The Morgan fingerprint density at radius 2 is 1.48 bits per heavy atom. The van der Waals surface area contributed by atoms with Crippen LogP contribution in [0.25, 0.3) is 5.76 Å². The molecular weight excluding hydrogens is 416 g/mol. The van der Waals surface area contributed by atoms with E-state index in [0.717, 1.165) is 18.8 Å². The molecule has 1 saturated heterocycles. The molecule has 168 valence electrons. The Kier molecular flexibility index (Phi) is 6.18. The Morgan fingerprint density at radius 3 is 2.06 bits per heavy atom. The van der Waals surface area contributed by atoms with E-state index >= 15 is 0 Å². The zero-order chi connectivity index (χ0) is 23.5. The molecule has 1 amide bonds. The number of aromatic hydroxyl groups is 1. The van der Waals surface area contributed by atoms with Gasteiger partial charge in [0.15, 0.2) is 0 Å². The van der Waals surface area contributed by atoms with E-state index in [1.807, 2.05) is 30.3 Å². The van der Waals surface area contributed by atoms with Gasteiger partial charge in [0.25, 0.3) is 11.7 Å². The number of phenolic OH excluding ortho intramolecular Hbond substituents is 1. The number of anilines is 2. The molecule has 1 heterocycles. The predicted molar refractivity (Wildman–Crippen MR) is 129 cm³/mol. The molecule has 0 aliphatic carbocycles. The highest BCUT2D eigenvalue weighted by molar-refractivity contribution is 6.51. The second kappa shape index (κ2) is 9.20. The van der Waals surface area contributed by atoms with E-state index < -0.39 is 17.7 Å². The minimum absolute atomic E-state index is 0.0182. The maximum Gasteiger partial charge on any atom is 0.300 e. The first-order chi connectivity index (χ1) is 16.0. The summed E-state index contributed by atoms with van der Waals surface area (Å²) < 4.78 is 0. The third-order valence-corrected chi connectivity index (χ3v) is 5.96. The van der Waals surface area contributed by atoms with Crippen molar-refractivity contribution in [3.05, 3.63) is 95.6 Å². The van der Waals surface area contributed by atoms with Gasteiger partial charge in [-0.1, -0.05) is 42.5 Å². The molecule has 2 N–H and O–H groups in total. The largest absolute Gasteiger partial charge is 0.508 e. The van der Waals surface area contributed by atoms with Gasteiger partial charge < -0.3 is 15.1 Å². The van der Waals surface area contributed by atoms with E-state index in [1.54, 1.807) is 36.4 Å². The van der Waals surface area contributed by atoms with Crippen molar-refractivity contribution in [3.63, 3.8) is 0 Å². The predicted octanol–water partition coefficient (Wildman–Crippen LogP) is 4.86. The van der Waals surface area contributed by atoms with E-state index in [0.29, 0.717) is 16.8 Å². The first-order valence-electron chi connectivity index (χ1n) is 11.0. The van der Waals surface area contributed by atoms with Crippen molar-refractivity contribution in [1.29, 1.82) is 0 Å². The molecule has 33 heavy (non-hydrogen) atoms. The van der Waals surface area contributed by atoms with Gasteiger partial charge >= 0.3 is 0 Å². The van der Waals surface area contributed by atoms with Crippen LogP contribution in [0.3, 0.4) is 0 Å². The minimum atomic E-state index is -0.829. The zero-order valence-corrected chi connectivity index (χ0v) is 18.6. The lowest BCUT2D eigenvalue weighted by atomic mass is 9.95. The zero-order valence-electron chi connectivity index (χ0n) is 18.6. The lowest BCUT2D eigenvalue weighted by Crippen LogP contribution is -2.29. The monoisotopic (exact) mass is 442 g/mol. The SMILES string of the molecule is CCN(CC)c1ccc(N2C(=O)C(=O)/C(=C(/O)c3ccccc3)C2c2ccc(O)cc2)cc1. The number of aliphatic hydroxyl groups is 1. The topological polar surface area (TPSA) is 81.1 Å². The molecule has 1 fully saturated rings. The Hall–Kier alpha value is -4.06. The number of aliphatic hydroxyl groups excluding tert-OH is 1. The highest BCUT2D eigenvalue weighted by Gasteiger charge is 2.46. The molecule has 3 aromatic carbocycles. The van der Waals surface area contributed by atoms with Crippen LogP contribution in [-0.4, -0.2) is 35.0 Å². The first kappa shape index (κ1) is 22.1. The van der Waals surface area contributed by atoms with Crippen LogP contribution in [0.2, 0.25) is 0 Å². The highest BCUT2D eigenvalue weighted by atomic mass is 16.3. The number of Topliss-reactive ketones (excluding diaryl/α,β-unsaturated/α-hetero) is 1. The molecule has 3 aromatic rings. The van der Waals surface area contributed by atoms with Crippen molar-refractivity contribution in [2.24, 2.45) is 0 Å². The lowest BCUT2D eigenvalue weighted by Gasteiger charge is -2.27.